The molecule has 0 bridgehead atoms. The van der Waals surface area contributed by atoms with Gasteiger partial charge in [0.05, 0.1) is 8.37 Å². The highest BCUT2D eigenvalue weighted by Gasteiger charge is 2.16. The summed E-state index contributed by atoms with van der Waals surface area (Å²) in [4.78, 5) is 10.9. The number of benzene rings is 3. The molecule has 1 amide bonds. The maximum atomic E-state index is 10.9. The lowest BCUT2D eigenvalue weighted by atomic mass is 9.94. The predicted octanol–water partition coefficient (Wildman–Crippen LogP) is 6.76. The number of hydrogen-bond donors (Lipinski definition) is 1. The molecule has 3 nitrogen and oxygen atoms in total. The predicted molar refractivity (Wildman–Crippen MR) is 104 cm³/mol. The first-order valence-corrected chi connectivity index (χ1v) is 8.95. The second-order valence-electron chi connectivity index (χ2n) is 5.14. The summed E-state index contributed by atoms with van der Waals surface area (Å²) < 4.78 is 3.58. The fraction of sp³-hybridized carbons (Fsp3) is 0. The van der Waals surface area contributed by atoms with Crippen molar-refractivity contribution in [1.82, 2.24) is 0 Å². The standard InChI is InChI=1S/C19H12Cl2NO2P/c20-15-9-3-1-6-12(15)13-8-5-11-17(25-22-19(23)24)18(13)14-7-2-4-10-16(14)21/h1-11H,(H,23,24). The summed E-state index contributed by atoms with van der Waals surface area (Å²) in [5.74, 6) is 0. The fourth-order valence-electron chi connectivity index (χ4n) is 2.57. The van der Waals surface area contributed by atoms with Gasteiger partial charge in [0.25, 0.3) is 0 Å². The lowest BCUT2D eigenvalue weighted by Crippen LogP contribution is -2.02. The molecule has 25 heavy (non-hydrogen) atoms. The van der Waals surface area contributed by atoms with E-state index in [0.29, 0.717) is 18.4 Å². The zero-order chi connectivity index (χ0) is 17.8. The van der Waals surface area contributed by atoms with Crippen LogP contribution in [0, 0.1) is 0 Å². The van der Waals surface area contributed by atoms with Crippen molar-refractivity contribution in [3.05, 3.63) is 76.8 Å². The number of nitrogens with zero attached hydrogens (tertiary/aromatic N) is 1. The zero-order valence-electron chi connectivity index (χ0n) is 12.9. The van der Waals surface area contributed by atoms with E-state index in [1.807, 2.05) is 60.7 Å². The average Bonchev–Trinajstić information content (AvgIpc) is 2.61. The molecular formula is C19H12Cl2NO2P. The maximum absolute atomic E-state index is 10.9. The van der Waals surface area contributed by atoms with E-state index >= 15 is 0 Å². The van der Waals surface area contributed by atoms with Crippen LogP contribution in [0.15, 0.2) is 71.5 Å². The topological polar surface area (TPSA) is 49.7 Å². The molecule has 0 spiro atoms. The number of rotatable bonds is 3. The van der Waals surface area contributed by atoms with Gasteiger partial charge in [-0.2, -0.15) is 4.74 Å². The summed E-state index contributed by atoms with van der Waals surface area (Å²) in [5, 5.41) is 10.8. The molecule has 0 aliphatic heterocycles. The minimum Gasteiger partial charge on any atom is -0.463 e. The van der Waals surface area contributed by atoms with Gasteiger partial charge in [0.1, 0.15) is 0 Å². The van der Waals surface area contributed by atoms with Gasteiger partial charge >= 0.3 is 6.09 Å². The Labute approximate surface area is 156 Å². The molecule has 0 fully saturated rings. The molecule has 0 aliphatic carbocycles. The van der Waals surface area contributed by atoms with E-state index in [1.165, 1.54) is 0 Å². The SMILES string of the molecule is O=C(O)/N=P/c1cccc(-c2ccccc2Cl)c1-c1ccccc1Cl. The summed E-state index contributed by atoms with van der Waals surface area (Å²) >= 11 is 12.8. The normalized spacial score (nSPS) is 11.0. The third-order valence-corrected chi connectivity index (χ3v) is 5.11. The molecule has 0 unspecified atom stereocenters. The minimum atomic E-state index is -1.21. The Kier molecular flexibility index (Phi) is 5.50. The molecule has 0 atom stereocenters. The Morgan fingerprint density at radius 3 is 1.96 bits per heavy atom. The molecule has 0 heterocycles. The van der Waals surface area contributed by atoms with Crippen LogP contribution in [-0.4, -0.2) is 11.2 Å². The van der Waals surface area contributed by atoms with E-state index in [4.69, 9.17) is 28.3 Å². The van der Waals surface area contributed by atoms with Gasteiger partial charge in [-0.25, -0.2) is 4.79 Å². The summed E-state index contributed by atoms with van der Waals surface area (Å²) in [6.45, 7) is 0. The number of hydrogen-bond acceptors (Lipinski definition) is 1. The lowest BCUT2D eigenvalue weighted by Gasteiger charge is -2.15. The highest BCUT2D eigenvalue weighted by atomic mass is 35.5. The Hall–Kier alpha value is -2.19. The fourth-order valence-corrected chi connectivity index (χ4v) is 3.73. The second-order valence-corrected chi connectivity index (χ2v) is 6.84. The van der Waals surface area contributed by atoms with Crippen LogP contribution in [0.3, 0.4) is 0 Å². The van der Waals surface area contributed by atoms with Crippen LogP contribution in [0.25, 0.3) is 22.3 Å². The van der Waals surface area contributed by atoms with Crippen LogP contribution in [0.2, 0.25) is 10.0 Å². The molecule has 3 rings (SSSR count). The number of halogens is 2. The van der Waals surface area contributed by atoms with Gasteiger partial charge in [-0.15, -0.1) is 0 Å². The first-order valence-electron chi connectivity index (χ1n) is 7.35. The lowest BCUT2D eigenvalue weighted by molar-refractivity contribution is 0.206. The first kappa shape index (κ1) is 17.6. The second kappa shape index (κ2) is 7.79. The number of carboxylic acid groups (broad SMARTS) is 1. The number of amides is 1. The molecule has 124 valence electrons. The van der Waals surface area contributed by atoms with Crippen molar-refractivity contribution in [3.8, 4) is 22.3 Å². The van der Waals surface area contributed by atoms with Gasteiger partial charge in [0, 0.05) is 32.0 Å². The molecule has 1 N–H and O–H groups in total. The Bertz CT molecular complexity index is 973. The largest absolute Gasteiger partial charge is 0.463 e. The molecule has 3 aromatic rings. The molecule has 3 aromatic carbocycles. The van der Waals surface area contributed by atoms with Crippen molar-refractivity contribution in [2.24, 2.45) is 4.74 Å². The minimum absolute atomic E-state index is 0.332. The van der Waals surface area contributed by atoms with Crippen LogP contribution in [0.5, 0.6) is 0 Å². The highest BCUT2D eigenvalue weighted by molar-refractivity contribution is 7.37. The average molecular weight is 388 g/mol. The van der Waals surface area contributed by atoms with E-state index < -0.39 is 6.09 Å². The third-order valence-electron chi connectivity index (χ3n) is 3.59. The van der Waals surface area contributed by atoms with E-state index in [2.05, 4.69) is 4.74 Å². The van der Waals surface area contributed by atoms with Crippen LogP contribution >= 0.6 is 31.6 Å². The van der Waals surface area contributed by atoms with Crippen molar-refractivity contribution in [2.45, 2.75) is 0 Å². The van der Waals surface area contributed by atoms with E-state index in [9.17, 15) is 4.79 Å². The van der Waals surface area contributed by atoms with Gasteiger partial charge in [-0.3, -0.25) is 0 Å². The monoisotopic (exact) mass is 387 g/mol. The molecule has 0 saturated carbocycles. The maximum Gasteiger partial charge on any atom is 0.435 e. The van der Waals surface area contributed by atoms with E-state index in [1.54, 1.807) is 6.07 Å². The molecule has 0 saturated heterocycles. The van der Waals surface area contributed by atoms with Crippen LogP contribution in [-0.2, 0) is 0 Å². The summed E-state index contributed by atoms with van der Waals surface area (Å²) in [7, 11) is 0.332. The van der Waals surface area contributed by atoms with Gasteiger partial charge in [0.15, 0.2) is 0 Å². The van der Waals surface area contributed by atoms with Crippen molar-refractivity contribution in [2.75, 3.05) is 0 Å². The van der Waals surface area contributed by atoms with Crippen molar-refractivity contribution < 1.29 is 9.90 Å². The molecule has 6 heteroatoms. The Balaban J connectivity index is 2.33. The van der Waals surface area contributed by atoms with Crippen LogP contribution < -0.4 is 5.30 Å². The first-order chi connectivity index (χ1) is 12.1. The van der Waals surface area contributed by atoms with Crippen molar-refractivity contribution in [1.29, 1.82) is 0 Å². The zero-order valence-corrected chi connectivity index (χ0v) is 15.3. The molecule has 0 aromatic heterocycles. The third kappa shape index (κ3) is 3.91. The Morgan fingerprint density at radius 1 is 0.800 bits per heavy atom. The summed E-state index contributed by atoms with van der Waals surface area (Å²) in [6, 6.07) is 20.6. The smallest absolute Gasteiger partial charge is 0.435 e. The summed E-state index contributed by atoms with van der Waals surface area (Å²) in [5.41, 5.74) is 3.37. The van der Waals surface area contributed by atoms with Gasteiger partial charge < -0.3 is 5.11 Å². The van der Waals surface area contributed by atoms with E-state index in [-0.39, 0.29) is 0 Å². The molecular weight excluding hydrogens is 376 g/mol. The van der Waals surface area contributed by atoms with Crippen LogP contribution in [0.4, 0.5) is 4.79 Å². The quantitative estimate of drug-likeness (QED) is 0.504. The Morgan fingerprint density at radius 2 is 1.36 bits per heavy atom. The van der Waals surface area contributed by atoms with E-state index in [0.717, 1.165) is 27.6 Å². The van der Waals surface area contributed by atoms with Gasteiger partial charge in [-0.05, 0) is 23.8 Å². The highest BCUT2D eigenvalue weighted by Crippen LogP contribution is 2.38. The molecule has 0 aliphatic rings. The number of carbonyl (C=O) groups is 1. The van der Waals surface area contributed by atoms with Crippen LogP contribution in [0.1, 0.15) is 0 Å². The van der Waals surface area contributed by atoms with Crippen molar-refractivity contribution in [3.63, 3.8) is 0 Å². The summed E-state index contributed by atoms with van der Waals surface area (Å²) in [6.07, 6.45) is -1.21. The van der Waals surface area contributed by atoms with Gasteiger partial charge in [-0.1, -0.05) is 71.7 Å². The van der Waals surface area contributed by atoms with Crippen molar-refractivity contribution >= 4 is 43.0 Å². The molecule has 0 radical (unpaired) electrons. The van der Waals surface area contributed by atoms with Gasteiger partial charge in [0.2, 0.25) is 0 Å².